The number of rotatable bonds is 0. The maximum absolute atomic E-state index is 4.76. The molecular weight excluding hydrogens is 92.1 g/mol. The second kappa shape index (κ2) is 1.42. The van der Waals surface area contributed by atoms with Gasteiger partial charge in [-0.15, -0.1) is 0 Å². The van der Waals surface area contributed by atoms with Crippen molar-refractivity contribution in [1.29, 1.82) is 0 Å². The van der Waals surface area contributed by atoms with E-state index in [2.05, 4.69) is 5.48 Å². The van der Waals surface area contributed by atoms with Crippen LogP contribution in [0.25, 0.3) is 0 Å². The average Bonchev–Trinajstić information content (AvgIpc) is 1.87. The van der Waals surface area contributed by atoms with Crippen LogP contribution in [-0.2, 0) is 4.94 Å². The molecule has 0 spiro atoms. The number of hydroxylamine groups is 3. The Labute approximate surface area is 42.5 Å². The molecule has 40 valence electrons. The van der Waals surface area contributed by atoms with Gasteiger partial charge in [0.05, 0.1) is 11.9 Å². The first-order valence-corrected chi connectivity index (χ1v) is 2.13. The van der Waals surface area contributed by atoms with Crippen LogP contribution in [0, 0.1) is 0 Å². The van der Waals surface area contributed by atoms with Gasteiger partial charge in [-0.25, -0.2) is 10.5 Å². The van der Waals surface area contributed by atoms with Crippen molar-refractivity contribution in [2.24, 2.45) is 0 Å². The fourth-order valence-electron chi connectivity index (χ4n) is 0.469. The first-order valence-electron chi connectivity index (χ1n) is 2.13. The smallest absolute Gasteiger partial charge is 0.0556 e. The highest BCUT2D eigenvalue weighted by molar-refractivity contribution is 4.92. The third kappa shape index (κ3) is 0.838. The zero-order valence-electron chi connectivity index (χ0n) is 4.43. The Kier molecular flexibility index (Phi) is 0.906. The molecule has 0 amide bonds. The molecule has 1 aliphatic heterocycles. The Morgan fingerprint density at radius 1 is 1.86 bits per heavy atom. The van der Waals surface area contributed by atoms with Gasteiger partial charge >= 0.3 is 0 Å². The predicted molar refractivity (Wildman–Crippen MR) is 25.7 cm³/mol. The summed E-state index contributed by atoms with van der Waals surface area (Å²) in [6.45, 7) is 1.93. The van der Waals surface area contributed by atoms with Crippen LogP contribution in [0.1, 0.15) is 6.92 Å². The molecule has 0 unspecified atom stereocenters. The molecule has 0 atom stereocenters. The van der Waals surface area contributed by atoms with E-state index >= 15 is 0 Å². The highest BCUT2D eigenvalue weighted by Crippen LogP contribution is 1.98. The van der Waals surface area contributed by atoms with Crippen molar-refractivity contribution in [3.63, 3.8) is 0 Å². The van der Waals surface area contributed by atoms with Crippen molar-refractivity contribution < 1.29 is 4.94 Å². The van der Waals surface area contributed by atoms with Crippen LogP contribution >= 0.6 is 0 Å². The third-order valence-corrected chi connectivity index (χ3v) is 0.726. The van der Waals surface area contributed by atoms with Crippen molar-refractivity contribution in [3.05, 3.63) is 11.9 Å². The predicted octanol–water partition coefficient (Wildman–Crippen LogP) is 0.229. The minimum absolute atomic E-state index is 1.03. The van der Waals surface area contributed by atoms with Gasteiger partial charge in [-0.3, -0.25) is 0 Å². The van der Waals surface area contributed by atoms with Crippen LogP contribution in [0.4, 0.5) is 0 Å². The van der Waals surface area contributed by atoms with Gasteiger partial charge in [0.2, 0.25) is 0 Å². The fourth-order valence-corrected chi connectivity index (χ4v) is 0.469. The lowest BCUT2D eigenvalue weighted by Gasteiger charge is -2.01. The van der Waals surface area contributed by atoms with Gasteiger partial charge in [0.25, 0.3) is 0 Å². The van der Waals surface area contributed by atoms with E-state index in [1.807, 2.05) is 20.2 Å². The largest absolute Gasteiger partial charge is 0.245 e. The molecule has 1 rings (SSSR count). The van der Waals surface area contributed by atoms with Crippen molar-refractivity contribution in [1.82, 2.24) is 10.5 Å². The number of nitrogens with zero attached hydrogens (tertiary/aromatic N) is 1. The minimum Gasteiger partial charge on any atom is -0.245 e. The molecule has 3 nitrogen and oxygen atoms in total. The molecule has 0 fully saturated rings. The van der Waals surface area contributed by atoms with Crippen LogP contribution in [0.15, 0.2) is 11.9 Å². The van der Waals surface area contributed by atoms with E-state index in [1.54, 1.807) is 5.06 Å². The van der Waals surface area contributed by atoms with Gasteiger partial charge in [-0.05, 0) is 6.92 Å². The molecule has 0 saturated carbocycles. The number of nitrogens with one attached hydrogen (secondary N) is 1. The van der Waals surface area contributed by atoms with Gasteiger partial charge in [0.15, 0.2) is 0 Å². The van der Waals surface area contributed by atoms with E-state index in [0.717, 1.165) is 5.70 Å². The summed E-state index contributed by atoms with van der Waals surface area (Å²) in [4.78, 5) is 4.76. The van der Waals surface area contributed by atoms with Crippen LogP contribution in [0.5, 0.6) is 0 Å². The summed E-state index contributed by atoms with van der Waals surface area (Å²) in [6.07, 6.45) is 1.86. The summed E-state index contributed by atoms with van der Waals surface area (Å²) in [5, 5.41) is 1.61. The van der Waals surface area contributed by atoms with Crippen LogP contribution in [0.2, 0.25) is 0 Å². The second-order valence-electron chi connectivity index (χ2n) is 1.55. The molecule has 7 heavy (non-hydrogen) atoms. The summed E-state index contributed by atoms with van der Waals surface area (Å²) in [6, 6.07) is 0. The van der Waals surface area contributed by atoms with Crippen molar-refractivity contribution in [2.75, 3.05) is 7.05 Å². The maximum atomic E-state index is 4.76. The number of allylic oxidation sites excluding steroid dienone is 1. The van der Waals surface area contributed by atoms with Crippen molar-refractivity contribution >= 4 is 0 Å². The molecule has 1 N–H and O–H groups in total. The SMILES string of the molecule is CC1=CN(C)ON1. The molecule has 0 saturated heterocycles. The van der Waals surface area contributed by atoms with Gasteiger partial charge in [-0.2, -0.15) is 4.94 Å². The lowest BCUT2D eigenvalue weighted by Crippen LogP contribution is -2.12. The van der Waals surface area contributed by atoms with Gasteiger partial charge < -0.3 is 0 Å². The Balaban J connectivity index is 2.50. The average molecular weight is 100 g/mol. The van der Waals surface area contributed by atoms with Gasteiger partial charge in [-0.1, -0.05) is 0 Å². The minimum atomic E-state index is 1.03. The van der Waals surface area contributed by atoms with Gasteiger partial charge in [0.1, 0.15) is 0 Å². The van der Waals surface area contributed by atoms with E-state index in [-0.39, 0.29) is 0 Å². The number of hydrogen-bond acceptors (Lipinski definition) is 3. The van der Waals surface area contributed by atoms with E-state index in [4.69, 9.17) is 4.94 Å². The van der Waals surface area contributed by atoms with E-state index < -0.39 is 0 Å². The summed E-state index contributed by atoms with van der Waals surface area (Å²) in [5.41, 5.74) is 3.69. The standard InChI is InChI=1S/C4H8N2O/c1-4-3-6(2)7-5-4/h3,5H,1-2H3. The number of hydrogen-bond donors (Lipinski definition) is 1. The molecule has 0 aromatic carbocycles. The summed E-state index contributed by atoms with van der Waals surface area (Å²) in [7, 11) is 1.82. The Bertz CT molecular complexity index is 99.9. The Morgan fingerprint density at radius 3 is 2.71 bits per heavy atom. The van der Waals surface area contributed by atoms with Crippen molar-refractivity contribution in [2.45, 2.75) is 6.92 Å². The normalized spacial score (nSPS) is 19.1. The lowest BCUT2D eigenvalue weighted by atomic mass is 10.6. The molecule has 0 aromatic rings. The quantitative estimate of drug-likeness (QED) is 0.471. The molecule has 3 heteroatoms. The van der Waals surface area contributed by atoms with E-state index in [9.17, 15) is 0 Å². The summed E-state index contributed by atoms with van der Waals surface area (Å²) >= 11 is 0. The van der Waals surface area contributed by atoms with E-state index in [0.29, 0.717) is 0 Å². The highest BCUT2D eigenvalue weighted by atomic mass is 16.8. The second-order valence-corrected chi connectivity index (χ2v) is 1.55. The Morgan fingerprint density at radius 2 is 2.57 bits per heavy atom. The Hall–Kier alpha value is -0.700. The first-order chi connectivity index (χ1) is 3.29. The third-order valence-electron chi connectivity index (χ3n) is 0.726. The molecule has 0 aromatic heterocycles. The summed E-state index contributed by atoms with van der Waals surface area (Å²) < 4.78 is 0. The highest BCUT2D eigenvalue weighted by Gasteiger charge is 2.00. The van der Waals surface area contributed by atoms with Crippen LogP contribution < -0.4 is 5.48 Å². The van der Waals surface area contributed by atoms with Crippen molar-refractivity contribution in [3.8, 4) is 0 Å². The summed E-state index contributed by atoms with van der Waals surface area (Å²) in [5.74, 6) is 0. The molecular formula is C4H8N2O. The van der Waals surface area contributed by atoms with Crippen LogP contribution in [-0.4, -0.2) is 12.1 Å². The topological polar surface area (TPSA) is 24.5 Å². The zero-order valence-corrected chi connectivity index (χ0v) is 4.43. The molecule has 0 radical (unpaired) electrons. The van der Waals surface area contributed by atoms with E-state index in [1.165, 1.54) is 0 Å². The van der Waals surface area contributed by atoms with Gasteiger partial charge in [0, 0.05) is 7.05 Å². The van der Waals surface area contributed by atoms with Crippen LogP contribution in [0.3, 0.4) is 0 Å². The molecule has 0 bridgehead atoms. The molecule has 1 heterocycles. The molecule has 0 aliphatic carbocycles. The monoisotopic (exact) mass is 100 g/mol. The first kappa shape index (κ1) is 4.46. The maximum Gasteiger partial charge on any atom is 0.0556 e. The lowest BCUT2D eigenvalue weighted by molar-refractivity contribution is -0.125. The molecule has 1 aliphatic rings. The fraction of sp³-hybridized carbons (Fsp3) is 0.500. The zero-order chi connectivity index (χ0) is 5.28.